The topological polar surface area (TPSA) is 25.5 Å². The summed E-state index contributed by atoms with van der Waals surface area (Å²) in [7, 11) is 0. The highest BCUT2D eigenvalue weighted by Gasteiger charge is 2.09. The second-order valence-electron chi connectivity index (χ2n) is 5.63. The molecule has 0 spiro atoms. The van der Waals surface area contributed by atoms with Gasteiger partial charge in [-0.25, -0.2) is 0 Å². The summed E-state index contributed by atoms with van der Waals surface area (Å²) >= 11 is 11.0. The number of benzene rings is 3. The molecule has 5 heteroatoms. The largest absolute Gasteiger partial charge is 0.447 e. The molecular formula is C21H13BrClNOS. The van der Waals surface area contributed by atoms with Crippen LogP contribution in [0.1, 0.15) is 5.76 Å². The third kappa shape index (κ3) is 4.04. The van der Waals surface area contributed by atoms with Gasteiger partial charge in [-0.15, -0.1) is 0 Å². The quantitative estimate of drug-likeness (QED) is 0.302. The minimum absolute atomic E-state index is 0.696. The first-order valence-electron chi connectivity index (χ1n) is 7.93. The van der Waals surface area contributed by atoms with E-state index in [9.17, 15) is 0 Å². The highest BCUT2D eigenvalue weighted by Crippen LogP contribution is 2.36. The average Bonchev–Trinajstić information content (AvgIpc) is 3.01. The molecule has 128 valence electrons. The Morgan fingerprint density at radius 2 is 1.69 bits per heavy atom. The molecular weight excluding hydrogens is 430 g/mol. The van der Waals surface area contributed by atoms with Crippen LogP contribution in [0.15, 0.2) is 96.7 Å². The summed E-state index contributed by atoms with van der Waals surface area (Å²) in [6.45, 7) is 0. The van der Waals surface area contributed by atoms with Gasteiger partial charge in [-0.3, -0.25) is 4.99 Å². The van der Waals surface area contributed by atoms with E-state index in [0.717, 1.165) is 25.2 Å². The number of aliphatic imine (C=N–C) groups is 1. The summed E-state index contributed by atoms with van der Waals surface area (Å²) in [5.74, 6) is 0.696. The van der Waals surface area contributed by atoms with E-state index in [-0.39, 0.29) is 0 Å². The molecule has 4 aromatic rings. The fourth-order valence-corrected chi connectivity index (χ4v) is 3.96. The molecule has 1 heterocycles. The molecule has 0 aliphatic rings. The van der Waals surface area contributed by atoms with Crippen molar-refractivity contribution in [3.63, 3.8) is 0 Å². The molecule has 0 N–H and O–H groups in total. The molecule has 26 heavy (non-hydrogen) atoms. The van der Waals surface area contributed by atoms with Crippen molar-refractivity contribution in [2.75, 3.05) is 0 Å². The van der Waals surface area contributed by atoms with Gasteiger partial charge in [0.15, 0.2) is 5.09 Å². The van der Waals surface area contributed by atoms with Crippen molar-refractivity contribution in [2.24, 2.45) is 4.99 Å². The fraction of sp³-hybridized carbons (Fsp3) is 0. The van der Waals surface area contributed by atoms with Gasteiger partial charge in [-0.05, 0) is 63.1 Å². The van der Waals surface area contributed by atoms with Crippen molar-refractivity contribution in [3.05, 3.63) is 88.1 Å². The molecule has 0 atom stereocenters. The zero-order valence-corrected chi connectivity index (χ0v) is 16.7. The molecule has 2 nitrogen and oxygen atoms in total. The molecule has 3 aromatic carbocycles. The van der Waals surface area contributed by atoms with Crippen LogP contribution in [0.2, 0.25) is 5.02 Å². The van der Waals surface area contributed by atoms with Crippen molar-refractivity contribution in [3.8, 4) is 0 Å². The van der Waals surface area contributed by atoms with E-state index in [0.29, 0.717) is 5.76 Å². The molecule has 0 amide bonds. The Bertz CT molecular complexity index is 1090. The van der Waals surface area contributed by atoms with E-state index >= 15 is 0 Å². The van der Waals surface area contributed by atoms with Crippen LogP contribution in [0.4, 0.5) is 5.69 Å². The lowest BCUT2D eigenvalue weighted by molar-refractivity contribution is 0.466. The van der Waals surface area contributed by atoms with Crippen LogP contribution in [-0.2, 0) is 0 Å². The second-order valence-corrected chi connectivity index (χ2v) is 7.97. The van der Waals surface area contributed by atoms with Crippen LogP contribution in [0.3, 0.4) is 0 Å². The molecule has 4 rings (SSSR count). The van der Waals surface area contributed by atoms with Crippen molar-refractivity contribution < 1.29 is 4.42 Å². The number of fused-ring (bicyclic) bond motifs is 1. The molecule has 0 bridgehead atoms. The summed E-state index contributed by atoms with van der Waals surface area (Å²) in [4.78, 5) is 5.59. The van der Waals surface area contributed by atoms with Gasteiger partial charge < -0.3 is 4.42 Å². The molecule has 0 fully saturated rings. The lowest BCUT2D eigenvalue weighted by Crippen LogP contribution is -1.75. The molecule has 0 aliphatic carbocycles. The fourth-order valence-electron chi connectivity index (χ4n) is 2.51. The standard InChI is InChI=1S/C21H13BrClNOS/c22-20-12-18(25-21(20)26-19-9-6-16(23)7-10-19)13-24-17-8-5-14-3-1-2-4-15(14)11-17/h1-13H. The average molecular weight is 443 g/mol. The maximum atomic E-state index is 5.93. The van der Waals surface area contributed by atoms with E-state index in [2.05, 4.69) is 45.2 Å². The van der Waals surface area contributed by atoms with Crippen LogP contribution < -0.4 is 0 Å². The normalized spacial score (nSPS) is 11.5. The number of hydrogen-bond acceptors (Lipinski definition) is 3. The van der Waals surface area contributed by atoms with Gasteiger partial charge in [0.05, 0.1) is 16.4 Å². The van der Waals surface area contributed by atoms with Crippen molar-refractivity contribution in [2.45, 2.75) is 9.99 Å². The zero-order valence-electron chi connectivity index (χ0n) is 13.5. The van der Waals surface area contributed by atoms with E-state index in [1.165, 1.54) is 22.5 Å². The van der Waals surface area contributed by atoms with E-state index in [1.54, 1.807) is 6.21 Å². The predicted molar refractivity (Wildman–Crippen MR) is 113 cm³/mol. The van der Waals surface area contributed by atoms with E-state index in [4.69, 9.17) is 16.0 Å². The van der Waals surface area contributed by atoms with Crippen molar-refractivity contribution in [1.29, 1.82) is 0 Å². The maximum Gasteiger partial charge on any atom is 0.179 e. The highest BCUT2D eigenvalue weighted by atomic mass is 79.9. The summed E-state index contributed by atoms with van der Waals surface area (Å²) in [5.41, 5.74) is 0.892. The van der Waals surface area contributed by atoms with Gasteiger partial charge in [0.2, 0.25) is 0 Å². The van der Waals surface area contributed by atoms with Crippen LogP contribution >= 0.6 is 39.3 Å². The number of rotatable bonds is 4. The Kier molecular flexibility index (Phi) is 5.16. The number of furan rings is 1. The summed E-state index contributed by atoms with van der Waals surface area (Å²) in [6, 6.07) is 23.9. The van der Waals surface area contributed by atoms with Gasteiger partial charge in [-0.1, -0.05) is 53.7 Å². The minimum Gasteiger partial charge on any atom is -0.447 e. The number of halogens is 2. The molecule has 0 aliphatic heterocycles. The van der Waals surface area contributed by atoms with Crippen LogP contribution in [0.25, 0.3) is 10.8 Å². The maximum absolute atomic E-state index is 5.93. The predicted octanol–water partition coefficient (Wildman–Crippen LogP) is 7.75. The second kappa shape index (κ2) is 7.70. The molecule has 0 saturated heterocycles. The van der Waals surface area contributed by atoms with E-state index in [1.807, 2.05) is 48.5 Å². The molecule has 0 saturated carbocycles. The minimum atomic E-state index is 0.696. The van der Waals surface area contributed by atoms with Crippen LogP contribution in [0, 0.1) is 0 Å². The summed E-state index contributed by atoms with van der Waals surface area (Å²) in [5, 5.41) is 3.87. The third-order valence-corrected chi connectivity index (χ3v) is 5.87. The third-order valence-electron chi connectivity index (χ3n) is 3.77. The first-order valence-corrected chi connectivity index (χ1v) is 9.92. The van der Waals surface area contributed by atoms with Gasteiger partial charge in [0, 0.05) is 16.0 Å². The Morgan fingerprint density at radius 3 is 2.50 bits per heavy atom. The van der Waals surface area contributed by atoms with Crippen molar-refractivity contribution in [1.82, 2.24) is 0 Å². The smallest absolute Gasteiger partial charge is 0.179 e. The monoisotopic (exact) mass is 441 g/mol. The first kappa shape index (κ1) is 17.4. The van der Waals surface area contributed by atoms with Crippen molar-refractivity contribution >= 4 is 62.0 Å². The SMILES string of the molecule is Clc1ccc(Sc2oc(C=Nc3ccc4ccccc4c3)cc2Br)cc1. The lowest BCUT2D eigenvalue weighted by atomic mass is 10.1. The van der Waals surface area contributed by atoms with Gasteiger partial charge in [-0.2, -0.15) is 0 Å². The highest BCUT2D eigenvalue weighted by molar-refractivity contribution is 9.10. The summed E-state index contributed by atoms with van der Waals surface area (Å²) < 4.78 is 6.79. The lowest BCUT2D eigenvalue weighted by Gasteiger charge is -1.99. The van der Waals surface area contributed by atoms with E-state index < -0.39 is 0 Å². The summed E-state index contributed by atoms with van der Waals surface area (Å²) in [6.07, 6.45) is 1.74. The number of nitrogens with zero attached hydrogens (tertiary/aromatic N) is 1. The molecule has 0 radical (unpaired) electrons. The van der Waals surface area contributed by atoms with Crippen LogP contribution in [0.5, 0.6) is 0 Å². The van der Waals surface area contributed by atoms with Gasteiger partial charge in [0.1, 0.15) is 5.76 Å². The Hall–Kier alpha value is -2.01. The Labute approximate surface area is 169 Å². The Morgan fingerprint density at radius 1 is 0.923 bits per heavy atom. The van der Waals surface area contributed by atoms with Gasteiger partial charge >= 0.3 is 0 Å². The molecule has 0 unspecified atom stereocenters. The Balaban J connectivity index is 1.54. The number of hydrogen-bond donors (Lipinski definition) is 0. The van der Waals surface area contributed by atoms with Crippen LogP contribution in [-0.4, -0.2) is 6.21 Å². The molecule has 1 aromatic heterocycles. The first-order chi connectivity index (χ1) is 12.7. The zero-order chi connectivity index (χ0) is 17.9. The van der Waals surface area contributed by atoms with Gasteiger partial charge in [0.25, 0.3) is 0 Å².